The zero-order valence-electron chi connectivity index (χ0n) is 18.7. The molecule has 2 aromatic carbocycles. The number of nitrogens with zero attached hydrogens (tertiary/aromatic N) is 1. The van der Waals surface area contributed by atoms with Crippen molar-refractivity contribution in [1.29, 1.82) is 0 Å². The number of hydrogen-bond acceptors (Lipinski definition) is 6. The Morgan fingerprint density at radius 1 is 1.03 bits per heavy atom. The molecule has 1 N–H and O–H groups in total. The molecule has 0 fully saturated rings. The summed E-state index contributed by atoms with van der Waals surface area (Å²) in [5.74, 6) is 0. The molecule has 0 aromatic heterocycles. The van der Waals surface area contributed by atoms with Gasteiger partial charge in [-0.05, 0) is 68.1 Å². The lowest BCUT2D eigenvalue weighted by molar-refractivity contribution is 0.0224. The highest BCUT2D eigenvalue weighted by atomic mass is 32.2. The summed E-state index contributed by atoms with van der Waals surface area (Å²) in [6, 6.07) is 11.2. The van der Waals surface area contributed by atoms with Crippen LogP contribution in [0.3, 0.4) is 0 Å². The summed E-state index contributed by atoms with van der Waals surface area (Å²) in [4.78, 5) is 14.3. The van der Waals surface area contributed by atoms with E-state index in [2.05, 4.69) is 4.74 Å². The molecule has 8 heteroatoms. The van der Waals surface area contributed by atoms with E-state index in [1.807, 2.05) is 26.8 Å². The number of hydrogen-bond donors (Lipinski definition) is 1. The third kappa shape index (κ3) is 6.53. The molecule has 0 saturated carbocycles. The molecule has 0 spiro atoms. The van der Waals surface area contributed by atoms with Crippen molar-refractivity contribution in [3.8, 4) is 0 Å². The monoisotopic (exact) mass is 449 g/mol. The van der Waals surface area contributed by atoms with Gasteiger partial charge < -0.3 is 19.5 Å². The molecule has 0 aliphatic carbocycles. The number of carbonyl (C=O) groups excluding carboxylic acids is 1. The number of sulfone groups is 1. The Balaban J connectivity index is 0.00000107. The maximum Gasteiger partial charge on any atom is 0.410 e. The van der Waals surface area contributed by atoms with Crippen molar-refractivity contribution in [2.75, 3.05) is 20.8 Å². The summed E-state index contributed by atoms with van der Waals surface area (Å²) in [7, 11) is -0.430. The van der Waals surface area contributed by atoms with Crippen LogP contribution in [0.1, 0.15) is 37.5 Å². The lowest BCUT2D eigenvalue weighted by atomic mass is 10.0. The first-order valence-corrected chi connectivity index (χ1v) is 11.4. The predicted molar refractivity (Wildman–Crippen MR) is 118 cm³/mol. The van der Waals surface area contributed by atoms with E-state index in [1.165, 1.54) is 12.1 Å². The number of methoxy groups -OCH3 is 1. The van der Waals surface area contributed by atoms with Crippen molar-refractivity contribution in [3.63, 3.8) is 0 Å². The number of amides is 1. The Morgan fingerprint density at radius 3 is 2.16 bits per heavy atom. The molecule has 7 nitrogen and oxygen atoms in total. The SMILES string of the molecule is CC(C)(C)OC(=O)N1CCc2ccc(S(=O)(=O)c3ccc(CO)cc3)cc2C1.COC. The Labute approximate surface area is 184 Å². The van der Waals surface area contributed by atoms with Gasteiger partial charge in [-0.25, -0.2) is 13.2 Å². The summed E-state index contributed by atoms with van der Waals surface area (Å²) in [5.41, 5.74) is 1.92. The van der Waals surface area contributed by atoms with Crippen LogP contribution in [0, 0.1) is 0 Å². The van der Waals surface area contributed by atoms with Gasteiger partial charge in [0.2, 0.25) is 9.84 Å². The van der Waals surface area contributed by atoms with Gasteiger partial charge >= 0.3 is 6.09 Å². The average molecular weight is 450 g/mol. The molecule has 1 heterocycles. The number of carbonyl (C=O) groups is 1. The van der Waals surface area contributed by atoms with E-state index in [9.17, 15) is 13.2 Å². The minimum atomic E-state index is -3.68. The van der Waals surface area contributed by atoms with Crippen molar-refractivity contribution < 1.29 is 27.8 Å². The molecular formula is C23H31NO6S. The van der Waals surface area contributed by atoms with Crippen LogP contribution in [0.4, 0.5) is 4.79 Å². The molecule has 0 radical (unpaired) electrons. The Bertz CT molecular complexity index is 994. The van der Waals surface area contributed by atoms with Crippen molar-refractivity contribution in [3.05, 3.63) is 59.2 Å². The van der Waals surface area contributed by atoms with Gasteiger partial charge in [-0.3, -0.25) is 0 Å². The summed E-state index contributed by atoms with van der Waals surface area (Å²) in [5, 5.41) is 9.13. The highest BCUT2D eigenvalue weighted by molar-refractivity contribution is 7.91. The van der Waals surface area contributed by atoms with Crippen LogP contribution in [0.5, 0.6) is 0 Å². The minimum Gasteiger partial charge on any atom is -0.444 e. The summed E-state index contributed by atoms with van der Waals surface area (Å²) < 4.78 is 35.6. The molecule has 170 valence electrons. The van der Waals surface area contributed by atoms with Crippen molar-refractivity contribution in [2.45, 2.75) is 55.7 Å². The third-order valence-electron chi connectivity index (χ3n) is 4.57. The fraction of sp³-hybridized carbons (Fsp3) is 0.435. The number of benzene rings is 2. The van der Waals surface area contributed by atoms with E-state index in [0.29, 0.717) is 25.1 Å². The zero-order valence-corrected chi connectivity index (χ0v) is 19.5. The maximum atomic E-state index is 13.0. The van der Waals surface area contributed by atoms with Gasteiger partial charge in [-0.15, -0.1) is 0 Å². The van der Waals surface area contributed by atoms with Crippen LogP contribution in [0.2, 0.25) is 0 Å². The van der Waals surface area contributed by atoms with E-state index >= 15 is 0 Å². The second-order valence-electron chi connectivity index (χ2n) is 8.30. The second kappa shape index (κ2) is 10.3. The molecule has 1 amide bonds. The van der Waals surface area contributed by atoms with E-state index < -0.39 is 21.5 Å². The van der Waals surface area contributed by atoms with E-state index in [-0.39, 0.29) is 16.4 Å². The second-order valence-corrected chi connectivity index (χ2v) is 10.2. The fourth-order valence-electron chi connectivity index (χ4n) is 3.09. The molecular weight excluding hydrogens is 418 g/mol. The van der Waals surface area contributed by atoms with Crippen LogP contribution < -0.4 is 0 Å². The van der Waals surface area contributed by atoms with Gasteiger partial charge in [0.25, 0.3) is 0 Å². The Morgan fingerprint density at radius 2 is 1.61 bits per heavy atom. The van der Waals surface area contributed by atoms with E-state index in [1.54, 1.807) is 43.4 Å². The Kier molecular flexibility index (Phi) is 8.22. The van der Waals surface area contributed by atoms with Gasteiger partial charge in [0.1, 0.15) is 5.60 Å². The number of rotatable bonds is 3. The first-order valence-electron chi connectivity index (χ1n) is 9.96. The highest BCUT2D eigenvalue weighted by Crippen LogP contribution is 2.27. The molecule has 1 aliphatic rings. The molecule has 0 unspecified atom stereocenters. The molecule has 3 rings (SSSR count). The maximum absolute atomic E-state index is 13.0. The van der Waals surface area contributed by atoms with Crippen LogP contribution >= 0.6 is 0 Å². The smallest absolute Gasteiger partial charge is 0.410 e. The highest BCUT2D eigenvalue weighted by Gasteiger charge is 2.27. The first kappa shape index (κ1) is 24.8. The molecule has 1 aliphatic heterocycles. The quantitative estimate of drug-likeness (QED) is 0.770. The van der Waals surface area contributed by atoms with E-state index in [4.69, 9.17) is 9.84 Å². The molecule has 2 aromatic rings. The molecule has 0 saturated heterocycles. The van der Waals surface area contributed by atoms with Gasteiger partial charge in [-0.2, -0.15) is 0 Å². The molecule has 31 heavy (non-hydrogen) atoms. The lowest BCUT2D eigenvalue weighted by Crippen LogP contribution is -2.39. The minimum absolute atomic E-state index is 0.139. The van der Waals surface area contributed by atoms with Crippen LogP contribution in [-0.4, -0.2) is 50.9 Å². The van der Waals surface area contributed by atoms with Crippen molar-refractivity contribution >= 4 is 15.9 Å². The molecule has 0 bridgehead atoms. The zero-order chi connectivity index (χ0) is 23.2. The molecule has 0 atom stereocenters. The average Bonchev–Trinajstić information content (AvgIpc) is 2.72. The summed E-state index contributed by atoms with van der Waals surface area (Å²) in [6.45, 7) is 6.16. The van der Waals surface area contributed by atoms with Gasteiger partial charge in [0.05, 0.1) is 16.4 Å². The number of aliphatic hydroxyl groups excluding tert-OH is 1. The van der Waals surface area contributed by atoms with Gasteiger partial charge in [-0.1, -0.05) is 18.2 Å². The lowest BCUT2D eigenvalue weighted by Gasteiger charge is -2.31. The van der Waals surface area contributed by atoms with Crippen LogP contribution in [0.15, 0.2) is 52.3 Å². The number of fused-ring (bicyclic) bond motifs is 1. The normalized spacial score (nSPS) is 13.7. The third-order valence-corrected chi connectivity index (χ3v) is 6.34. The first-order chi connectivity index (χ1) is 14.5. The van der Waals surface area contributed by atoms with Crippen molar-refractivity contribution in [2.24, 2.45) is 0 Å². The van der Waals surface area contributed by atoms with E-state index in [0.717, 1.165) is 11.1 Å². The number of aliphatic hydroxyl groups is 1. The topological polar surface area (TPSA) is 93.1 Å². The summed E-state index contributed by atoms with van der Waals surface area (Å²) in [6.07, 6.45) is 0.256. The Hall–Kier alpha value is -2.42. The standard InChI is InChI=1S/C21H25NO5S.C2H6O/c1-21(2,3)27-20(24)22-11-10-16-6-9-19(12-17(16)13-22)28(25,26)18-7-4-15(14-23)5-8-18;1-3-2/h4-9,12,23H,10-11,13-14H2,1-3H3;1-2H3. The largest absolute Gasteiger partial charge is 0.444 e. The fourth-order valence-corrected chi connectivity index (χ4v) is 4.40. The summed E-state index contributed by atoms with van der Waals surface area (Å²) >= 11 is 0. The predicted octanol–water partition coefficient (Wildman–Crippen LogP) is 3.57. The van der Waals surface area contributed by atoms with Gasteiger partial charge in [0, 0.05) is 27.3 Å². The van der Waals surface area contributed by atoms with Crippen molar-refractivity contribution in [1.82, 2.24) is 4.90 Å². The number of ether oxygens (including phenoxy) is 2. The van der Waals surface area contributed by atoms with Crippen LogP contribution in [-0.2, 0) is 38.9 Å². The van der Waals surface area contributed by atoms with Gasteiger partial charge in [0.15, 0.2) is 0 Å². The van der Waals surface area contributed by atoms with Crippen LogP contribution in [0.25, 0.3) is 0 Å².